The van der Waals surface area contributed by atoms with Gasteiger partial charge in [-0.1, -0.05) is 18.5 Å². The number of halogens is 1. The molecule has 1 aromatic carbocycles. The summed E-state index contributed by atoms with van der Waals surface area (Å²) < 4.78 is 5.33. The molecule has 0 saturated carbocycles. The van der Waals surface area contributed by atoms with Gasteiger partial charge >= 0.3 is 6.03 Å². The zero-order chi connectivity index (χ0) is 20.3. The van der Waals surface area contributed by atoms with Gasteiger partial charge in [-0.25, -0.2) is 4.79 Å². The number of nitrogens with one attached hydrogen (secondary N) is 1. The van der Waals surface area contributed by atoms with Gasteiger partial charge in [0.2, 0.25) is 0 Å². The average molecular weight is 409 g/mol. The van der Waals surface area contributed by atoms with Crippen molar-refractivity contribution in [2.24, 2.45) is 0 Å². The summed E-state index contributed by atoms with van der Waals surface area (Å²) in [4.78, 5) is 31.2. The number of hydrogen-bond acceptors (Lipinski definition) is 4. The number of methoxy groups -OCH3 is 1. The van der Waals surface area contributed by atoms with Crippen LogP contribution in [0.4, 0.5) is 4.79 Å². The fraction of sp³-hybridized carbons (Fsp3) is 0.600. The number of piperazine rings is 1. The van der Waals surface area contributed by atoms with Crippen LogP contribution in [0.15, 0.2) is 18.2 Å². The Kier molecular flexibility index (Phi) is 6.35. The summed E-state index contributed by atoms with van der Waals surface area (Å²) in [7, 11) is 3.22. The Morgan fingerprint density at radius 3 is 2.50 bits per heavy atom. The Hall–Kier alpha value is -1.99. The van der Waals surface area contributed by atoms with Gasteiger partial charge in [0.15, 0.2) is 0 Å². The molecule has 2 heterocycles. The van der Waals surface area contributed by atoms with Crippen LogP contribution in [0.2, 0.25) is 5.02 Å². The summed E-state index contributed by atoms with van der Waals surface area (Å²) in [5.41, 5.74) is 0.539. The lowest BCUT2D eigenvalue weighted by Gasteiger charge is -2.45. The van der Waals surface area contributed by atoms with E-state index in [9.17, 15) is 9.59 Å². The lowest BCUT2D eigenvalue weighted by Crippen LogP contribution is -2.59. The van der Waals surface area contributed by atoms with Crippen LogP contribution in [0.25, 0.3) is 0 Å². The van der Waals surface area contributed by atoms with Crippen molar-refractivity contribution >= 4 is 23.5 Å². The number of hydrogen-bond donors (Lipinski definition) is 1. The largest absolute Gasteiger partial charge is 0.496 e. The van der Waals surface area contributed by atoms with Crippen LogP contribution in [0.5, 0.6) is 5.75 Å². The van der Waals surface area contributed by atoms with Gasteiger partial charge in [-0.15, -0.1) is 0 Å². The number of carbonyl (C=O) groups is 2. The fourth-order valence-corrected chi connectivity index (χ4v) is 4.52. The van der Waals surface area contributed by atoms with Gasteiger partial charge in [0.1, 0.15) is 5.75 Å². The Morgan fingerprint density at radius 1 is 1.18 bits per heavy atom. The van der Waals surface area contributed by atoms with Crippen LogP contribution in [0.1, 0.15) is 30.1 Å². The van der Waals surface area contributed by atoms with E-state index in [1.165, 1.54) is 0 Å². The summed E-state index contributed by atoms with van der Waals surface area (Å²) in [6.45, 7) is 6.62. The number of urea groups is 1. The van der Waals surface area contributed by atoms with Gasteiger partial charge in [-0.3, -0.25) is 9.69 Å². The lowest BCUT2D eigenvalue weighted by molar-refractivity contribution is 0.0300. The van der Waals surface area contributed by atoms with E-state index in [0.29, 0.717) is 29.4 Å². The molecule has 7 nitrogen and oxygen atoms in total. The van der Waals surface area contributed by atoms with Crippen molar-refractivity contribution in [2.75, 3.05) is 53.4 Å². The maximum Gasteiger partial charge on any atom is 0.317 e. The molecular weight excluding hydrogens is 380 g/mol. The summed E-state index contributed by atoms with van der Waals surface area (Å²) >= 11 is 6.01. The number of carbonyl (C=O) groups excluding carboxylic acids is 2. The summed E-state index contributed by atoms with van der Waals surface area (Å²) in [5.74, 6) is 0.471. The first-order valence-electron chi connectivity index (χ1n) is 9.78. The molecule has 1 N–H and O–H groups in total. The van der Waals surface area contributed by atoms with Crippen LogP contribution < -0.4 is 10.1 Å². The maximum absolute atomic E-state index is 13.0. The molecule has 3 rings (SSSR count). The molecular formula is C20H29ClN4O3. The summed E-state index contributed by atoms with van der Waals surface area (Å²) in [6.07, 6.45) is 1.95. The molecule has 2 fully saturated rings. The molecule has 1 atom stereocenters. The number of rotatable bonds is 4. The molecule has 2 aliphatic rings. The van der Waals surface area contributed by atoms with Crippen molar-refractivity contribution in [1.29, 1.82) is 0 Å². The molecule has 1 unspecified atom stereocenters. The predicted octanol–water partition coefficient (Wildman–Crippen LogP) is 2.30. The van der Waals surface area contributed by atoms with Gasteiger partial charge in [-0.05, 0) is 31.0 Å². The SMILES string of the molecule is CCC1(N2CCN(C(=O)c3ccc(Cl)cc3OC)CC2)CCN(C(=O)NC)C1. The van der Waals surface area contributed by atoms with Crippen molar-refractivity contribution in [3.8, 4) is 5.75 Å². The molecule has 154 valence electrons. The minimum Gasteiger partial charge on any atom is -0.496 e. The highest BCUT2D eigenvalue weighted by molar-refractivity contribution is 6.30. The molecule has 8 heteroatoms. The van der Waals surface area contributed by atoms with E-state index in [-0.39, 0.29) is 17.5 Å². The second kappa shape index (κ2) is 8.57. The molecule has 2 saturated heterocycles. The third kappa shape index (κ3) is 3.91. The van der Waals surface area contributed by atoms with Crippen LogP contribution in [-0.2, 0) is 0 Å². The first kappa shape index (κ1) is 20.7. The second-order valence-electron chi connectivity index (χ2n) is 7.43. The highest BCUT2D eigenvalue weighted by Crippen LogP contribution is 2.33. The minimum atomic E-state index is -0.0304. The zero-order valence-electron chi connectivity index (χ0n) is 16.8. The third-order valence-electron chi connectivity index (χ3n) is 6.12. The summed E-state index contributed by atoms with van der Waals surface area (Å²) in [6, 6.07) is 5.09. The van der Waals surface area contributed by atoms with Crippen molar-refractivity contribution in [1.82, 2.24) is 20.0 Å². The first-order valence-corrected chi connectivity index (χ1v) is 10.2. The van der Waals surface area contributed by atoms with E-state index in [2.05, 4.69) is 17.1 Å². The van der Waals surface area contributed by atoms with Gasteiger partial charge < -0.3 is 19.9 Å². The minimum absolute atomic E-state index is 0.000387. The normalized spacial score (nSPS) is 23.0. The van der Waals surface area contributed by atoms with Crippen LogP contribution >= 0.6 is 11.6 Å². The molecule has 28 heavy (non-hydrogen) atoms. The van der Waals surface area contributed by atoms with E-state index in [4.69, 9.17) is 16.3 Å². The van der Waals surface area contributed by atoms with E-state index in [0.717, 1.165) is 39.0 Å². The van der Waals surface area contributed by atoms with E-state index >= 15 is 0 Å². The van der Waals surface area contributed by atoms with Gasteiger partial charge in [-0.2, -0.15) is 0 Å². The number of amides is 3. The third-order valence-corrected chi connectivity index (χ3v) is 6.36. The van der Waals surface area contributed by atoms with Crippen molar-refractivity contribution < 1.29 is 14.3 Å². The number of benzene rings is 1. The molecule has 0 spiro atoms. The van der Waals surface area contributed by atoms with Crippen molar-refractivity contribution in [3.63, 3.8) is 0 Å². The Morgan fingerprint density at radius 2 is 1.89 bits per heavy atom. The smallest absolute Gasteiger partial charge is 0.317 e. The predicted molar refractivity (Wildman–Crippen MR) is 109 cm³/mol. The van der Waals surface area contributed by atoms with E-state index < -0.39 is 0 Å². The Labute approximate surface area is 171 Å². The van der Waals surface area contributed by atoms with E-state index in [1.54, 1.807) is 32.4 Å². The quantitative estimate of drug-likeness (QED) is 0.830. The first-order chi connectivity index (χ1) is 13.4. The average Bonchev–Trinajstić information content (AvgIpc) is 3.18. The second-order valence-corrected chi connectivity index (χ2v) is 7.86. The van der Waals surface area contributed by atoms with Crippen molar-refractivity contribution in [2.45, 2.75) is 25.3 Å². The Balaban J connectivity index is 1.66. The molecule has 0 aliphatic carbocycles. The maximum atomic E-state index is 13.0. The number of likely N-dealkylation sites (tertiary alicyclic amines) is 1. The molecule has 0 radical (unpaired) electrons. The van der Waals surface area contributed by atoms with Crippen molar-refractivity contribution in [3.05, 3.63) is 28.8 Å². The molecule has 3 amide bonds. The Bertz CT molecular complexity index is 736. The number of nitrogens with zero attached hydrogens (tertiary/aromatic N) is 3. The lowest BCUT2D eigenvalue weighted by atomic mass is 9.92. The molecule has 0 bridgehead atoms. The van der Waals surface area contributed by atoms with Gasteiger partial charge in [0.05, 0.1) is 12.7 Å². The monoisotopic (exact) mass is 408 g/mol. The van der Waals surface area contributed by atoms with Gasteiger partial charge in [0, 0.05) is 56.9 Å². The molecule has 1 aromatic rings. The summed E-state index contributed by atoms with van der Waals surface area (Å²) in [5, 5.41) is 3.27. The zero-order valence-corrected chi connectivity index (χ0v) is 17.6. The molecule has 0 aromatic heterocycles. The van der Waals surface area contributed by atoms with Crippen LogP contribution in [0.3, 0.4) is 0 Å². The fourth-order valence-electron chi connectivity index (χ4n) is 4.35. The number of ether oxygens (including phenoxy) is 1. The van der Waals surface area contributed by atoms with Gasteiger partial charge in [0.25, 0.3) is 5.91 Å². The van der Waals surface area contributed by atoms with Crippen LogP contribution in [0, 0.1) is 0 Å². The highest BCUT2D eigenvalue weighted by atomic mass is 35.5. The highest BCUT2D eigenvalue weighted by Gasteiger charge is 2.44. The van der Waals surface area contributed by atoms with E-state index in [1.807, 2.05) is 9.80 Å². The topological polar surface area (TPSA) is 65.1 Å². The molecule has 2 aliphatic heterocycles. The standard InChI is InChI=1S/C20H29ClN4O3/c1-4-20(7-8-24(14-20)19(27)22-2)25-11-9-23(10-12-25)18(26)16-6-5-15(21)13-17(16)28-3/h5-6,13H,4,7-12,14H2,1-3H3,(H,22,27). The van der Waals surface area contributed by atoms with Crippen LogP contribution in [-0.4, -0.2) is 85.6 Å².